The zero-order valence-electron chi connectivity index (χ0n) is 14.1. The molecule has 0 saturated carbocycles. The maximum Gasteiger partial charge on any atom is 0.260 e. The summed E-state index contributed by atoms with van der Waals surface area (Å²) < 4.78 is 0. The van der Waals surface area contributed by atoms with Gasteiger partial charge in [-0.25, -0.2) is 9.97 Å². The second kappa shape index (κ2) is 6.98. The van der Waals surface area contributed by atoms with Crippen LogP contribution in [0.4, 0.5) is 0 Å². The van der Waals surface area contributed by atoms with Gasteiger partial charge in [0, 0.05) is 21.2 Å². The lowest BCUT2D eigenvalue weighted by Gasteiger charge is -2.09. The third-order valence-corrected chi connectivity index (χ3v) is 7.68. The van der Waals surface area contributed by atoms with E-state index >= 15 is 0 Å². The van der Waals surface area contributed by atoms with Crippen molar-refractivity contribution < 1.29 is 0 Å². The van der Waals surface area contributed by atoms with Gasteiger partial charge >= 0.3 is 0 Å². The third-order valence-electron chi connectivity index (χ3n) is 4.62. The number of fused-ring (bicyclic) bond motifs is 3. The molecule has 1 N–H and O–H groups in total. The minimum absolute atomic E-state index is 0.0989. The summed E-state index contributed by atoms with van der Waals surface area (Å²) in [6, 6.07) is 2.05. The van der Waals surface area contributed by atoms with Crippen LogP contribution in [0.3, 0.4) is 0 Å². The molecular formula is C19H14ClN3OS3. The van der Waals surface area contributed by atoms with Gasteiger partial charge in [0.05, 0.1) is 16.1 Å². The van der Waals surface area contributed by atoms with Crippen LogP contribution in [-0.4, -0.2) is 15.0 Å². The number of nitrogens with zero attached hydrogens (tertiary/aromatic N) is 2. The Morgan fingerprint density at radius 1 is 1.22 bits per heavy atom. The van der Waals surface area contributed by atoms with Gasteiger partial charge in [0.15, 0.2) is 5.82 Å². The summed E-state index contributed by atoms with van der Waals surface area (Å²) in [6.45, 7) is 0. The fourth-order valence-corrected chi connectivity index (χ4v) is 6.30. The van der Waals surface area contributed by atoms with E-state index in [1.54, 1.807) is 40.1 Å². The van der Waals surface area contributed by atoms with Crippen LogP contribution >= 0.6 is 45.6 Å². The first kappa shape index (κ1) is 17.3. The van der Waals surface area contributed by atoms with Gasteiger partial charge < -0.3 is 4.98 Å². The molecule has 1 aliphatic carbocycles. The number of thiazole rings is 1. The second-order valence-electron chi connectivity index (χ2n) is 6.39. The first-order chi connectivity index (χ1) is 13.2. The first-order valence-electron chi connectivity index (χ1n) is 8.59. The molecule has 0 saturated heterocycles. The Morgan fingerprint density at radius 3 is 2.96 bits per heavy atom. The van der Waals surface area contributed by atoms with E-state index in [0.717, 1.165) is 45.7 Å². The molecule has 0 radical (unpaired) electrons. The zero-order valence-corrected chi connectivity index (χ0v) is 17.3. The molecule has 0 spiro atoms. The molecule has 4 aromatic rings. The van der Waals surface area contributed by atoms with E-state index < -0.39 is 0 Å². The van der Waals surface area contributed by atoms with Crippen LogP contribution in [0.1, 0.15) is 34.8 Å². The predicted molar refractivity (Wildman–Crippen MR) is 116 cm³/mol. The summed E-state index contributed by atoms with van der Waals surface area (Å²) in [5.74, 6) is 0.401. The molecule has 5 rings (SSSR count). The summed E-state index contributed by atoms with van der Waals surface area (Å²) in [5.41, 5.74) is 2.96. The first-order valence-corrected chi connectivity index (χ1v) is 11.6. The van der Waals surface area contributed by atoms with E-state index in [1.165, 1.54) is 16.9 Å². The summed E-state index contributed by atoms with van der Waals surface area (Å²) in [6.07, 6.45) is 6.08. The maximum atomic E-state index is 12.7. The van der Waals surface area contributed by atoms with Crippen molar-refractivity contribution in [3.05, 3.63) is 54.5 Å². The number of hydrogen-bond acceptors (Lipinski definition) is 6. The van der Waals surface area contributed by atoms with E-state index in [2.05, 4.69) is 20.3 Å². The van der Waals surface area contributed by atoms with Gasteiger partial charge in [-0.05, 0) is 48.8 Å². The predicted octanol–water partition coefficient (Wildman–Crippen LogP) is 5.79. The highest BCUT2D eigenvalue weighted by atomic mass is 35.5. The van der Waals surface area contributed by atoms with Crippen molar-refractivity contribution in [2.75, 3.05) is 0 Å². The quantitative estimate of drug-likeness (QED) is 0.447. The zero-order chi connectivity index (χ0) is 18.4. The van der Waals surface area contributed by atoms with E-state index in [1.807, 2.05) is 16.8 Å². The lowest BCUT2D eigenvalue weighted by Crippen LogP contribution is -2.12. The van der Waals surface area contributed by atoms with Crippen molar-refractivity contribution in [1.82, 2.24) is 15.0 Å². The molecule has 8 heteroatoms. The molecule has 4 heterocycles. The van der Waals surface area contributed by atoms with Crippen molar-refractivity contribution in [1.29, 1.82) is 0 Å². The van der Waals surface area contributed by atoms with Crippen LogP contribution in [0.15, 0.2) is 27.0 Å². The van der Waals surface area contributed by atoms with Crippen LogP contribution in [-0.2, 0) is 12.8 Å². The monoisotopic (exact) mass is 431 g/mol. The topological polar surface area (TPSA) is 58.6 Å². The molecule has 136 valence electrons. The Labute approximate surface area is 172 Å². The normalized spacial score (nSPS) is 14.6. The highest BCUT2D eigenvalue weighted by Crippen LogP contribution is 2.34. The van der Waals surface area contributed by atoms with Gasteiger partial charge in [-0.3, -0.25) is 4.79 Å². The van der Waals surface area contributed by atoms with Crippen LogP contribution in [0, 0.1) is 0 Å². The number of H-pyrrole nitrogens is 1. The number of halogens is 1. The third kappa shape index (κ3) is 3.18. The SMILES string of the molecule is O=c1[nH]c(/C(Cl)=C\c2csc(-c3ccsc3)n2)nc2sc3c(c12)CCCC3. The lowest BCUT2D eigenvalue weighted by molar-refractivity contribution is 0.700. The molecule has 0 amide bonds. The molecule has 0 aliphatic heterocycles. The molecule has 27 heavy (non-hydrogen) atoms. The number of rotatable bonds is 3. The number of nitrogens with one attached hydrogen (secondary N) is 1. The molecule has 0 unspecified atom stereocenters. The highest BCUT2D eigenvalue weighted by molar-refractivity contribution is 7.18. The van der Waals surface area contributed by atoms with Crippen LogP contribution < -0.4 is 5.56 Å². The molecule has 0 fully saturated rings. The van der Waals surface area contributed by atoms with Gasteiger partial charge in [-0.1, -0.05) is 11.6 Å². The number of hydrogen-bond donors (Lipinski definition) is 1. The Hall–Kier alpha value is -1.80. The molecule has 1 aliphatic rings. The van der Waals surface area contributed by atoms with Gasteiger partial charge in [-0.2, -0.15) is 11.3 Å². The van der Waals surface area contributed by atoms with Crippen molar-refractivity contribution in [2.24, 2.45) is 0 Å². The van der Waals surface area contributed by atoms with Crippen molar-refractivity contribution in [3.63, 3.8) is 0 Å². The molecule has 4 aromatic heterocycles. The van der Waals surface area contributed by atoms with Gasteiger partial charge in [0.1, 0.15) is 9.84 Å². The van der Waals surface area contributed by atoms with Crippen molar-refractivity contribution in [3.8, 4) is 10.6 Å². The largest absolute Gasteiger partial charge is 0.305 e. The number of aromatic amines is 1. The molecule has 0 bridgehead atoms. The summed E-state index contributed by atoms with van der Waals surface area (Å²) >= 11 is 11.3. The van der Waals surface area contributed by atoms with Crippen LogP contribution in [0.2, 0.25) is 0 Å². The number of aryl methyl sites for hydroxylation is 2. The standard InChI is InChI=1S/C19H14ClN3OS3/c20-13(7-11-9-26-18(21-11)10-5-6-25-8-10)16-22-17(24)15-12-3-1-2-4-14(12)27-19(15)23-16/h5-9H,1-4H2,(H,22,23,24)/b13-7+. The van der Waals surface area contributed by atoms with Crippen LogP contribution in [0.5, 0.6) is 0 Å². The molecular weight excluding hydrogens is 418 g/mol. The summed E-state index contributed by atoms with van der Waals surface area (Å²) in [7, 11) is 0. The minimum Gasteiger partial charge on any atom is -0.305 e. The van der Waals surface area contributed by atoms with Crippen molar-refractivity contribution in [2.45, 2.75) is 25.7 Å². The average Bonchev–Trinajstić information content (AvgIpc) is 3.40. The Bertz CT molecular complexity index is 1220. The fourth-order valence-electron chi connectivity index (χ4n) is 3.35. The molecule has 4 nitrogen and oxygen atoms in total. The maximum absolute atomic E-state index is 12.7. The minimum atomic E-state index is -0.0989. The number of thiophene rings is 2. The van der Waals surface area contributed by atoms with E-state index in [-0.39, 0.29) is 5.56 Å². The summed E-state index contributed by atoms with van der Waals surface area (Å²) in [5, 5.41) is 8.15. The Kier molecular flexibility index (Phi) is 4.47. The van der Waals surface area contributed by atoms with Gasteiger partial charge in [0.2, 0.25) is 0 Å². The highest BCUT2D eigenvalue weighted by Gasteiger charge is 2.20. The lowest BCUT2D eigenvalue weighted by atomic mass is 9.97. The second-order valence-corrected chi connectivity index (χ2v) is 9.52. The van der Waals surface area contributed by atoms with Gasteiger partial charge in [0.25, 0.3) is 5.56 Å². The molecule has 0 atom stereocenters. The Morgan fingerprint density at radius 2 is 2.11 bits per heavy atom. The van der Waals surface area contributed by atoms with Gasteiger partial charge in [-0.15, -0.1) is 22.7 Å². The van der Waals surface area contributed by atoms with E-state index in [9.17, 15) is 4.79 Å². The summed E-state index contributed by atoms with van der Waals surface area (Å²) in [4.78, 5) is 26.8. The molecule has 0 aromatic carbocycles. The average molecular weight is 432 g/mol. The van der Waals surface area contributed by atoms with Crippen molar-refractivity contribution >= 4 is 66.9 Å². The fraction of sp³-hybridized carbons (Fsp3) is 0.211. The van der Waals surface area contributed by atoms with E-state index in [0.29, 0.717) is 10.9 Å². The Balaban J connectivity index is 1.53. The number of aromatic nitrogens is 3. The van der Waals surface area contributed by atoms with Crippen LogP contribution in [0.25, 0.3) is 31.9 Å². The smallest absolute Gasteiger partial charge is 0.260 e. The van der Waals surface area contributed by atoms with E-state index in [4.69, 9.17) is 11.6 Å².